The highest BCUT2D eigenvalue weighted by molar-refractivity contribution is 7.99. The van der Waals surface area contributed by atoms with Crippen molar-refractivity contribution in [2.45, 2.75) is 24.7 Å². The van der Waals surface area contributed by atoms with Gasteiger partial charge in [-0.1, -0.05) is 13.3 Å². The van der Waals surface area contributed by atoms with E-state index in [4.69, 9.17) is 5.11 Å². The van der Waals surface area contributed by atoms with E-state index in [1.807, 2.05) is 12.1 Å². The predicted molar refractivity (Wildman–Crippen MR) is 75.6 cm³/mol. The molecule has 0 aliphatic carbocycles. The lowest BCUT2D eigenvalue weighted by atomic mass is 10.3. The molecule has 1 N–H and O–H groups in total. The van der Waals surface area contributed by atoms with Gasteiger partial charge in [0.05, 0.1) is 6.61 Å². The number of aliphatic hydroxyl groups is 1. The van der Waals surface area contributed by atoms with E-state index in [2.05, 4.69) is 11.8 Å². The molecule has 0 unspecified atom stereocenters. The summed E-state index contributed by atoms with van der Waals surface area (Å²) in [6.45, 7) is 5.13. The van der Waals surface area contributed by atoms with Crippen LogP contribution in [0.4, 0.5) is 4.39 Å². The van der Waals surface area contributed by atoms with Gasteiger partial charge in [-0.25, -0.2) is 4.39 Å². The highest BCUT2D eigenvalue weighted by Crippen LogP contribution is 2.18. The quantitative estimate of drug-likeness (QED) is 0.698. The van der Waals surface area contributed by atoms with Gasteiger partial charge in [0.25, 0.3) is 0 Å². The molecule has 0 amide bonds. The largest absolute Gasteiger partial charge is 0.395 e. The van der Waals surface area contributed by atoms with Gasteiger partial charge in [-0.15, -0.1) is 11.8 Å². The number of thioether (sulfide) groups is 1. The Morgan fingerprint density at radius 2 is 1.89 bits per heavy atom. The van der Waals surface area contributed by atoms with Crippen molar-refractivity contribution in [1.82, 2.24) is 4.90 Å². The van der Waals surface area contributed by atoms with Crippen LogP contribution in [0.1, 0.15) is 19.8 Å². The zero-order chi connectivity index (χ0) is 13.2. The molecule has 1 aromatic rings. The maximum Gasteiger partial charge on any atom is 0.123 e. The molecule has 0 aliphatic rings. The zero-order valence-electron chi connectivity index (χ0n) is 10.9. The van der Waals surface area contributed by atoms with Crippen LogP contribution < -0.4 is 0 Å². The summed E-state index contributed by atoms with van der Waals surface area (Å²) in [4.78, 5) is 3.37. The van der Waals surface area contributed by atoms with E-state index in [1.165, 1.54) is 25.0 Å². The summed E-state index contributed by atoms with van der Waals surface area (Å²) in [6.07, 6.45) is 2.34. The van der Waals surface area contributed by atoms with E-state index in [1.54, 1.807) is 11.8 Å². The lowest BCUT2D eigenvalue weighted by Gasteiger charge is -2.20. The molecular weight excluding hydrogens is 249 g/mol. The van der Waals surface area contributed by atoms with Crippen molar-refractivity contribution in [1.29, 1.82) is 0 Å². The minimum atomic E-state index is -0.191. The monoisotopic (exact) mass is 271 g/mol. The summed E-state index contributed by atoms with van der Waals surface area (Å²) in [5, 5.41) is 8.99. The maximum atomic E-state index is 12.7. The third-order valence-corrected chi connectivity index (χ3v) is 3.73. The second-order valence-electron chi connectivity index (χ2n) is 4.22. The Hall–Kier alpha value is -0.580. The smallest absolute Gasteiger partial charge is 0.123 e. The summed E-state index contributed by atoms with van der Waals surface area (Å²) >= 11 is 1.73. The van der Waals surface area contributed by atoms with E-state index in [9.17, 15) is 4.39 Å². The molecule has 18 heavy (non-hydrogen) atoms. The number of hydrogen-bond acceptors (Lipinski definition) is 3. The van der Waals surface area contributed by atoms with Crippen LogP contribution in [0.5, 0.6) is 0 Å². The second kappa shape index (κ2) is 9.36. The van der Waals surface area contributed by atoms with Crippen LogP contribution in [0.2, 0.25) is 0 Å². The standard InChI is InChI=1S/C14H22FNOS/c1-2-3-8-16(9-11-17)10-12-18-14-6-4-13(15)5-7-14/h4-7,17H,2-3,8-12H2,1H3. The second-order valence-corrected chi connectivity index (χ2v) is 5.39. The Bertz CT molecular complexity index is 318. The number of aliphatic hydroxyl groups excluding tert-OH is 1. The molecule has 0 saturated heterocycles. The Kier molecular flexibility index (Phi) is 8.05. The predicted octanol–water partition coefficient (Wildman–Crippen LogP) is 3.01. The van der Waals surface area contributed by atoms with Crippen LogP contribution in [0, 0.1) is 5.82 Å². The number of rotatable bonds is 9. The SMILES string of the molecule is CCCCN(CCO)CCSc1ccc(F)cc1. The fraction of sp³-hybridized carbons (Fsp3) is 0.571. The molecule has 0 radical (unpaired) electrons. The van der Waals surface area contributed by atoms with Crippen molar-refractivity contribution in [3.8, 4) is 0 Å². The van der Waals surface area contributed by atoms with Crippen LogP contribution in [-0.4, -0.2) is 42.0 Å². The van der Waals surface area contributed by atoms with Crippen molar-refractivity contribution in [3.63, 3.8) is 0 Å². The minimum absolute atomic E-state index is 0.191. The van der Waals surface area contributed by atoms with Crippen molar-refractivity contribution >= 4 is 11.8 Å². The van der Waals surface area contributed by atoms with Gasteiger partial charge in [-0.05, 0) is 37.2 Å². The number of unbranched alkanes of at least 4 members (excludes halogenated alkanes) is 1. The van der Waals surface area contributed by atoms with E-state index in [0.29, 0.717) is 0 Å². The molecule has 1 rings (SSSR count). The highest BCUT2D eigenvalue weighted by Gasteiger charge is 2.03. The molecule has 0 bridgehead atoms. The Morgan fingerprint density at radius 1 is 1.17 bits per heavy atom. The molecule has 0 aromatic heterocycles. The lowest BCUT2D eigenvalue weighted by Crippen LogP contribution is -2.30. The van der Waals surface area contributed by atoms with Gasteiger partial charge in [0, 0.05) is 23.7 Å². The first-order chi connectivity index (χ1) is 8.76. The van der Waals surface area contributed by atoms with E-state index in [-0.39, 0.29) is 12.4 Å². The van der Waals surface area contributed by atoms with Crippen molar-refractivity contribution in [2.75, 3.05) is 32.0 Å². The normalized spacial score (nSPS) is 11.1. The van der Waals surface area contributed by atoms with Gasteiger partial charge in [0.1, 0.15) is 5.82 Å². The topological polar surface area (TPSA) is 23.5 Å². The molecule has 0 spiro atoms. The number of nitrogens with zero attached hydrogens (tertiary/aromatic N) is 1. The third kappa shape index (κ3) is 6.38. The zero-order valence-corrected chi connectivity index (χ0v) is 11.8. The van der Waals surface area contributed by atoms with Crippen LogP contribution in [0.3, 0.4) is 0 Å². The number of halogens is 1. The molecule has 0 saturated carbocycles. The molecular formula is C14H22FNOS. The fourth-order valence-electron chi connectivity index (χ4n) is 1.68. The third-order valence-electron chi connectivity index (χ3n) is 2.73. The van der Waals surface area contributed by atoms with E-state index in [0.717, 1.165) is 30.3 Å². The van der Waals surface area contributed by atoms with Gasteiger partial charge in [0.2, 0.25) is 0 Å². The maximum absolute atomic E-state index is 12.7. The van der Waals surface area contributed by atoms with Crippen LogP contribution >= 0.6 is 11.8 Å². The summed E-state index contributed by atoms with van der Waals surface area (Å²) in [7, 11) is 0. The average Bonchev–Trinajstić information content (AvgIpc) is 2.38. The molecule has 2 nitrogen and oxygen atoms in total. The van der Waals surface area contributed by atoms with Gasteiger partial charge < -0.3 is 10.0 Å². The summed E-state index contributed by atoms with van der Waals surface area (Å²) in [5.41, 5.74) is 0. The number of benzene rings is 1. The molecule has 4 heteroatoms. The van der Waals surface area contributed by atoms with Crippen LogP contribution in [-0.2, 0) is 0 Å². The van der Waals surface area contributed by atoms with Gasteiger partial charge in [0.15, 0.2) is 0 Å². The highest BCUT2D eigenvalue weighted by atomic mass is 32.2. The van der Waals surface area contributed by atoms with E-state index >= 15 is 0 Å². The molecule has 0 fully saturated rings. The van der Waals surface area contributed by atoms with Crippen molar-refractivity contribution in [2.24, 2.45) is 0 Å². The van der Waals surface area contributed by atoms with Crippen molar-refractivity contribution in [3.05, 3.63) is 30.1 Å². The van der Waals surface area contributed by atoms with Crippen molar-refractivity contribution < 1.29 is 9.50 Å². The summed E-state index contributed by atoms with van der Waals surface area (Å²) in [6, 6.07) is 6.60. The molecule has 0 heterocycles. The van der Waals surface area contributed by atoms with Crippen LogP contribution in [0.25, 0.3) is 0 Å². The molecule has 102 valence electrons. The average molecular weight is 271 g/mol. The molecule has 1 aromatic carbocycles. The first-order valence-electron chi connectivity index (χ1n) is 6.48. The Morgan fingerprint density at radius 3 is 2.50 bits per heavy atom. The van der Waals surface area contributed by atoms with Gasteiger partial charge in [-0.2, -0.15) is 0 Å². The van der Waals surface area contributed by atoms with Gasteiger partial charge >= 0.3 is 0 Å². The first-order valence-corrected chi connectivity index (χ1v) is 7.46. The molecule has 0 atom stereocenters. The summed E-state index contributed by atoms with van der Waals surface area (Å²) in [5.74, 6) is 0.777. The first kappa shape index (κ1) is 15.5. The molecule has 0 aliphatic heterocycles. The number of hydrogen-bond donors (Lipinski definition) is 1. The van der Waals surface area contributed by atoms with Gasteiger partial charge in [-0.3, -0.25) is 0 Å². The lowest BCUT2D eigenvalue weighted by molar-refractivity contribution is 0.201. The minimum Gasteiger partial charge on any atom is -0.395 e. The van der Waals surface area contributed by atoms with E-state index < -0.39 is 0 Å². The Balaban J connectivity index is 2.26. The Labute approximate surface area is 113 Å². The fourth-order valence-corrected chi connectivity index (χ4v) is 2.60. The van der Waals surface area contributed by atoms with Crippen LogP contribution in [0.15, 0.2) is 29.2 Å². The summed E-state index contributed by atoms with van der Waals surface area (Å²) < 4.78 is 12.7.